The second-order valence-electron chi connectivity index (χ2n) is 4.97. The molecule has 1 aromatic carbocycles. The van der Waals surface area contributed by atoms with Gasteiger partial charge in [0.2, 0.25) is 5.78 Å². The van der Waals surface area contributed by atoms with Crippen LogP contribution in [0.4, 0.5) is 4.39 Å². The van der Waals surface area contributed by atoms with Crippen LogP contribution in [0.2, 0.25) is 0 Å². The largest absolute Gasteiger partial charge is 0.634 e. The molecule has 1 saturated heterocycles. The van der Waals surface area contributed by atoms with Gasteiger partial charge in [0.25, 0.3) is 0 Å². The first-order valence-electron chi connectivity index (χ1n) is 6.32. The number of halogens is 1. The molecule has 4 nitrogen and oxygen atoms in total. The fourth-order valence-corrected chi connectivity index (χ4v) is 2.46. The van der Waals surface area contributed by atoms with Gasteiger partial charge >= 0.3 is 0 Å². The number of piperidine rings is 1. The minimum atomic E-state index is -0.756. The van der Waals surface area contributed by atoms with Crippen molar-refractivity contribution >= 4 is 11.6 Å². The van der Waals surface area contributed by atoms with E-state index in [1.807, 2.05) is 0 Å². The van der Waals surface area contributed by atoms with E-state index in [4.69, 9.17) is 0 Å². The van der Waals surface area contributed by atoms with Gasteiger partial charge in [-0.15, -0.1) is 0 Å². The molecule has 2 rings (SSSR count). The molecule has 1 aromatic rings. The van der Waals surface area contributed by atoms with Crippen LogP contribution in [-0.4, -0.2) is 24.2 Å². The maximum atomic E-state index is 12.8. The molecular formula is C14H16FNO3. The predicted molar refractivity (Wildman–Crippen MR) is 67.1 cm³/mol. The van der Waals surface area contributed by atoms with Gasteiger partial charge in [0.15, 0.2) is 6.04 Å². The molecule has 19 heavy (non-hydrogen) atoms. The average Bonchev–Trinajstić information content (AvgIpc) is 2.39. The second kappa shape index (κ2) is 5.59. The van der Waals surface area contributed by atoms with E-state index in [1.54, 1.807) is 0 Å². The summed E-state index contributed by atoms with van der Waals surface area (Å²) in [7, 11) is 0. The van der Waals surface area contributed by atoms with Crippen molar-refractivity contribution < 1.29 is 19.0 Å². The van der Waals surface area contributed by atoms with E-state index in [2.05, 4.69) is 0 Å². The lowest BCUT2D eigenvalue weighted by atomic mass is 9.86. The number of hydrogen-bond donors (Lipinski definition) is 1. The van der Waals surface area contributed by atoms with Crippen LogP contribution in [0.15, 0.2) is 24.3 Å². The smallest absolute Gasteiger partial charge is 0.220 e. The molecule has 0 radical (unpaired) electrons. The van der Waals surface area contributed by atoms with Gasteiger partial charge in [-0.25, -0.2) is 4.39 Å². The third kappa shape index (κ3) is 3.05. The topological polar surface area (TPSA) is 61.6 Å². The normalized spacial score (nSPS) is 27.0. The summed E-state index contributed by atoms with van der Waals surface area (Å²) in [6, 6.07) is 4.39. The van der Waals surface area contributed by atoms with Gasteiger partial charge in [-0.1, -0.05) is 0 Å². The van der Waals surface area contributed by atoms with Gasteiger partial charge in [-0.2, -0.15) is 0 Å². The maximum Gasteiger partial charge on any atom is 0.220 e. The Hall–Kier alpha value is -1.59. The summed E-state index contributed by atoms with van der Waals surface area (Å²) in [5, 5.41) is 11.7. The summed E-state index contributed by atoms with van der Waals surface area (Å²) in [5.41, 5.74) is 0.323. The van der Waals surface area contributed by atoms with Crippen LogP contribution >= 0.6 is 0 Å². The van der Waals surface area contributed by atoms with E-state index in [9.17, 15) is 19.2 Å². The van der Waals surface area contributed by atoms with Gasteiger partial charge in [0, 0.05) is 24.3 Å². The summed E-state index contributed by atoms with van der Waals surface area (Å²) < 4.78 is 12.8. The lowest BCUT2D eigenvalue weighted by Gasteiger charge is -2.37. The van der Waals surface area contributed by atoms with Crippen molar-refractivity contribution in [3.05, 3.63) is 40.9 Å². The number of benzene rings is 1. The molecule has 1 fully saturated rings. The summed E-state index contributed by atoms with van der Waals surface area (Å²) in [4.78, 5) is 23.6. The van der Waals surface area contributed by atoms with Crippen LogP contribution in [0.5, 0.6) is 0 Å². The van der Waals surface area contributed by atoms with Gasteiger partial charge in [0.05, 0.1) is 6.54 Å². The molecule has 0 aliphatic carbocycles. The van der Waals surface area contributed by atoms with Gasteiger partial charge in [-0.3, -0.25) is 9.59 Å². The van der Waals surface area contributed by atoms with E-state index in [0.29, 0.717) is 12.0 Å². The van der Waals surface area contributed by atoms with Crippen molar-refractivity contribution in [2.75, 3.05) is 6.54 Å². The molecule has 0 amide bonds. The van der Waals surface area contributed by atoms with Crippen molar-refractivity contribution in [1.29, 1.82) is 0 Å². The number of hydroxylamine groups is 2. The number of Topliss-reactive ketones (excluding diaryl/α,β-unsaturated/α-hetero) is 2. The van der Waals surface area contributed by atoms with Crippen LogP contribution in [0.25, 0.3) is 0 Å². The lowest BCUT2D eigenvalue weighted by Crippen LogP contribution is -3.13. The van der Waals surface area contributed by atoms with Crippen LogP contribution < -0.4 is 5.06 Å². The summed E-state index contributed by atoms with van der Waals surface area (Å²) in [6.07, 6.45) is 0.811. The average molecular weight is 265 g/mol. The second-order valence-corrected chi connectivity index (χ2v) is 4.97. The standard InChI is InChI=1S/C14H16FNO3/c1-9(17)11-6-7-16(19)13(8-11)14(18)10-2-4-12(15)5-3-10/h2-5,11,13,16H,6-8H2,1H3. The first-order valence-corrected chi connectivity index (χ1v) is 6.32. The van der Waals surface area contributed by atoms with E-state index in [1.165, 1.54) is 31.2 Å². The quantitative estimate of drug-likeness (QED) is 0.648. The molecule has 1 aliphatic rings. The predicted octanol–water partition coefficient (Wildman–Crippen LogP) is 0.759. The third-order valence-corrected chi connectivity index (χ3v) is 3.67. The maximum absolute atomic E-state index is 12.8. The van der Waals surface area contributed by atoms with Gasteiger partial charge in [0.1, 0.15) is 11.6 Å². The highest BCUT2D eigenvalue weighted by atomic mass is 19.1. The summed E-state index contributed by atoms with van der Waals surface area (Å²) in [6.45, 7) is 1.75. The Morgan fingerprint density at radius 1 is 1.32 bits per heavy atom. The first kappa shape index (κ1) is 13.8. The molecule has 0 saturated carbocycles. The monoisotopic (exact) mass is 265 g/mol. The van der Waals surface area contributed by atoms with Crippen LogP contribution in [-0.2, 0) is 4.79 Å². The Labute approximate surface area is 110 Å². The van der Waals surface area contributed by atoms with Gasteiger partial charge < -0.3 is 10.3 Å². The zero-order valence-electron chi connectivity index (χ0n) is 10.7. The Morgan fingerprint density at radius 3 is 2.53 bits per heavy atom. The number of nitrogens with one attached hydrogen (secondary N) is 1. The minimum absolute atomic E-state index is 0.0180. The van der Waals surface area contributed by atoms with E-state index < -0.39 is 11.9 Å². The summed E-state index contributed by atoms with van der Waals surface area (Å²) in [5.74, 6) is -0.930. The number of carbonyl (C=O) groups excluding carboxylic acids is 2. The molecule has 0 bridgehead atoms. The SMILES string of the molecule is CC(=O)C1CC[NH+]([O-])C(C(=O)c2ccc(F)cc2)C1. The molecule has 1 heterocycles. The highest BCUT2D eigenvalue weighted by molar-refractivity contribution is 5.99. The molecule has 3 unspecified atom stereocenters. The molecule has 5 heteroatoms. The molecular weight excluding hydrogens is 249 g/mol. The van der Waals surface area contributed by atoms with E-state index in [-0.39, 0.29) is 35.5 Å². The Bertz CT molecular complexity index is 486. The molecule has 1 N–H and O–H groups in total. The molecule has 3 atom stereocenters. The Kier molecular flexibility index (Phi) is 4.07. The van der Waals surface area contributed by atoms with Crippen LogP contribution in [0, 0.1) is 16.9 Å². The molecule has 0 aromatic heterocycles. The number of hydrogen-bond acceptors (Lipinski definition) is 3. The van der Waals surface area contributed by atoms with Crippen LogP contribution in [0.3, 0.4) is 0 Å². The Morgan fingerprint density at radius 2 is 1.95 bits per heavy atom. The van der Waals surface area contributed by atoms with Crippen molar-refractivity contribution in [1.82, 2.24) is 0 Å². The fourth-order valence-electron chi connectivity index (χ4n) is 2.46. The highest BCUT2D eigenvalue weighted by Crippen LogP contribution is 2.17. The highest BCUT2D eigenvalue weighted by Gasteiger charge is 2.35. The first-order chi connectivity index (χ1) is 8.99. The van der Waals surface area contributed by atoms with Gasteiger partial charge in [-0.05, 0) is 31.2 Å². The zero-order chi connectivity index (χ0) is 14.0. The van der Waals surface area contributed by atoms with Crippen molar-refractivity contribution in [2.45, 2.75) is 25.8 Å². The molecule has 1 aliphatic heterocycles. The Balaban J connectivity index is 2.16. The molecule has 102 valence electrons. The third-order valence-electron chi connectivity index (χ3n) is 3.67. The zero-order valence-corrected chi connectivity index (χ0v) is 10.7. The molecule has 0 spiro atoms. The summed E-state index contributed by atoms with van der Waals surface area (Å²) >= 11 is 0. The van der Waals surface area contributed by atoms with Crippen molar-refractivity contribution in [3.63, 3.8) is 0 Å². The lowest BCUT2D eigenvalue weighted by molar-refractivity contribution is -0.871. The minimum Gasteiger partial charge on any atom is -0.634 e. The number of ketones is 2. The number of quaternary nitrogens is 1. The van der Waals surface area contributed by atoms with E-state index in [0.717, 1.165) is 0 Å². The fraction of sp³-hybridized carbons (Fsp3) is 0.429. The number of carbonyl (C=O) groups is 2. The van der Waals surface area contributed by atoms with Crippen LogP contribution in [0.1, 0.15) is 30.1 Å². The number of rotatable bonds is 3. The van der Waals surface area contributed by atoms with Crippen molar-refractivity contribution in [2.24, 2.45) is 5.92 Å². The van der Waals surface area contributed by atoms with Crippen molar-refractivity contribution in [3.8, 4) is 0 Å². The van der Waals surface area contributed by atoms with E-state index >= 15 is 0 Å².